The first-order valence-corrected chi connectivity index (χ1v) is 6.89. The highest BCUT2D eigenvalue weighted by molar-refractivity contribution is 7.80. The zero-order valence-corrected chi connectivity index (χ0v) is 11.4. The first kappa shape index (κ1) is 13.2. The van der Waals surface area contributed by atoms with Gasteiger partial charge in [0, 0.05) is 0 Å². The van der Waals surface area contributed by atoms with Crippen molar-refractivity contribution in [3.8, 4) is 5.88 Å². The summed E-state index contributed by atoms with van der Waals surface area (Å²) >= 11 is 4.99. The summed E-state index contributed by atoms with van der Waals surface area (Å²) in [6.07, 6.45) is 7.69. The lowest BCUT2D eigenvalue weighted by Gasteiger charge is -2.28. The Balaban J connectivity index is 2.07. The summed E-state index contributed by atoms with van der Waals surface area (Å²) < 4.78 is 5.94. The maximum Gasteiger partial charge on any atom is 0.244 e. The fourth-order valence-corrected chi connectivity index (χ4v) is 2.63. The normalized spacial score (nSPS) is 23.6. The Morgan fingerprint density at radius 2 is 2.39 bits per heavy atom. The van der Waals surface area contributed by atoms with Crippen LogP contribution in [-0.2, 0) is 0 Å². The molecule has 0 amide bonds. The number of nitrogens with zero attached hydrogens (tertiary/aromatic N) is 2. The number of hydrogen-bond acceptors (Lipinski definition) is 4. The van der Waals surface area contributed by atoms with Gasteiger partial charge in [0.15, 0.2) is 0 Å². The minimum Gasteiger partial charge on any atom is -0.473 e. The molecule has 98 valence electrons. The van der Waals surface area contributed by atoms with Gasteiger partial charge in [-0.2, -0.15) is 5.10 Å². The highest BCUT2D eigenvalue weighted by atomic mass is 32.1. The van der Waals surface area contributed by atoms with E-state index < -0.39 is 0 Å². The molecule has 1 saturated carbocycles. The van der Waals surface area contributed by atoms with Gasteiger partial charge in [-0.3, -0.25) is 0 Å². The lowest BCUT2D eigenvalue weighted by molar-refractivity contribution is 0.115. The van der Waals surface area contributed by atoms with Gasteiger partial charge in [-0.1, -0.05) is 32.0 Å². The molecule has 0 radical (unpaired) electrons. The summed E-state index contributed by atoms with van der Waals surface area (Å²) in [5, 5.41) is 7.85. The topological polar surface area (TPSA) is 61.0 Å². The lowest BCUT2D eigenvalue weighted by Crippen LogP contribution is -2.26. The van der Waals surface area contributed by atoms with Gasteiger partial charge in [0.05, 0.1) is 11.8 Å². The smallest absolute Gasteiger partial charge is 0.244 e. The summed E-state index contributed by atoms with van der Waals surface area (Å²) in [4.78, 5) is 0.308. The van der Waals surface area contributed by atoms with Crippen molar-refractivity contribution < 1.29 is 4.74 Å². The molecule has 0 saturated heterocycles. The molecule has 1 aliphatic rings. The summed E-state index contributed by atoms with van der Waals surface area (Å²) in [7, 11) is 0. The second kappa shape index (κ2) is 6.09. The quantitative estimate of drug-likeness (QED) is 0.847. The van der Waals surface area contributed by atoms with Crippen LogP contribution in [0.1, 0.15) is 44.6 Å². The summed E-state index contributed by atoms with van der Waals surface area (Å²) in [6, 6.07) is 1.75. The van der Waals surface area contributed by atoms with Gasteiger partial charge in [0.25, 0.3) is 0 Å². The van der Waals surface area contributed by atoms with Gasteiger partial charge in [-0.15, -0.1) is 5.10 Å². The Morgan fingerprint density at radius 1 is 1.56 bits per heavy atom. The molecule has 5 heteroatoms. The van der Waals surface area contributed by atoms with Crippen molar-refractivity contribution in [1.29, 1.82) is 0 Å². The summed E-state index contributed by atoms with van der Waals surface area (Å²) in [6.45, 7) is 2.23. The van der Waals surface area contributed by atoms with Crippen molar-refractivity contribution in [2.24, 2.45) is 11.7 Å². The zero-order valence-electron chi connectivity index (χ0n) is 10.6. The summed E-state index contributed by atoms with van der Waals surface area (Å²) in [5.41, 5.74) is 6.34. The maximum absolute atomic E-state index is 5.94. The Bertz CT molecular complexity index is 424. The van der Waals surface area contributed by atoms with Crippen LogP contribution in [0, 0.1) is 5.92 Å². The van der Waals surface area contributed by atoms with Gasteiger partial charge in [0.1, 0.15) is 11.1 Å². The van der Waals surface area contributed by atoms with Crippen LogP contribution in [0.25, 0.3) is 0 Å². The van der Waals surface area contributed by atoms with Crippen molar-refractivity contribution >= 4 is 17.2 Å². The van der Waals surface area contributed by atoms with Crippen molar-refractivity contribution in [2.75, 3.05) is 0 Å². The lowest BCUT2D eigenvalue weighted by atomic mass is 9.85. The van der Waals surface area contributed by atoms with E-state index in [4.69, 9.17) is 22.7 Å². The second-order valence-electron chi connectivity index (χ2n) is 4.80. The molecule has 2 N–H and O–H groups in total. The van der Waals surface area contributed by atoms with Gasteiger partial charge in [0.2, 0.25) is 5.88 Å². The molecule has 4 nitrogen and oxygen atoms in total. The molecule has 1 heterocycles. The van der Waals surface area contributed by atoms with E-state index in [1.54, 1.807) is 12.3 Å². The molecule has 2 atom stereocenters. The SMILES string of the molecule is CCC1CCCC(Oc2nnccc2C(N)=S)C1. The number of rotatable bonds is 4. The molecule has 1 aromatic heterocycles. The third-order valence-electron chi connectivity index (χ3n) is 3.54. The molecule has 0 aromatic carbocycles. The molecule has 0 aliphatic heterocycles. The summed E-state index contributed by atoms with van der Waals surface area (Å²) in [5.74, 6) is 1.24. The fraction of sp³-hybridized carbons (Fsp3) is 0.615. The van der Waals surface area contributed by atoms with E-state index in [1.165, 1.54) is 19.3 Å². The fourth-order valence-electron chi connectivity index (χ4n) is 2.47. The van der Waals surface area contributed by atoms with Crippen LogP contribution in [0.4, 0.5) is 0 Å². The van der Waals surface area contributed by atoms with Gasteiger partial charge in [-0.05, 0) is 31.2 Å². The third-order valence-corrected chi connectivity index (χ3v) is 3.76. The Kier molecular flexibility index (Phi) is 4.47. The molecule has 1 aromatic rings. The van der Waals surface area contributed by atoms with E-state index in [9.17, 15) is 0 Å². The third kappa shape index (κ3) is 3.16. The highest BCUT2D eigenvalue weighted by Gasteiger charge is 2.23. The van der Waals surface area contributed by atoms with E-state index in [0.29, 0.717) is 16.4 Å². The van der Waals surface area contributed by atoms with Gasteiger partial charge in [-0.25, -0.2) is 0 Å². The van der Waals surface area contributed by atoms with Crippen molar-refractivity contribution in [3.63, 3.8) is 0 Å². The first-order chi connectivity index (χ1) is 8.70. The average molecular weight is 265 g/mol. The number of nitrogens with two attached hydrogens (primary N) is 1. The Labute approximate surface area is 113 Å². The first-order valence-electron chi connectivity index (χ1n) is 6.48. The molecule has 1 aliphatic carbocycles. The molecule has 18 heavy (non-hydrogen) atoms. The second-order valence-corrected chi connectivity index (χ2v) is 5.23. The highest BCUT2D eigenvalue weighted by Crippen LogP contribution is 2.29. The van der Waals surface area contributed by atoms with Crippen LogP contribution >= 0.6 is 12.2 Å². The van der Waals surface area contributed by atoms with Gasteiger partial charge < -0.3 is 10.5 Å². The Hall–Kier alpha value is -1.23. The van der Waals surface area contributed by atoms with Crippen LogP contribution < -0.4 is 10.5 Å². The zero-order chi connectivity index (χ0) is 13.0. The van der Waals surface area contributed by atoms with E-state index in [-0.39, 0.29) is 6.10 Å². The van der Waals surface area contributed by atoms with E-state index in [2.05, 4.69) is 17.1 Å². The number of thiocarbonyl (C=S) groups is 1. The van der Waals surface area contributed by atoms with Crippen molar-refractivity contribution in [2.45, 2.75) is 45.1 Å². The maximum atomic E-state index is 5.94. The molecule has 0 bridgehead atoms. The van der Waals surface area contributed by atoms with Crippen LogP contribution in [-0.4, -0.2) is 21.3 Å². The predicted molar refractivity (Wildman–Crippen MR) is 74.6 cm³/mol. The van der Waals surface area contributed by atoms with Crippen LogP contribution in [0.2, 0.25) is 0 Å². The molecule has 2 unspecified atom stereocenters. The predicted octanol–water partition coefficient (Wildman–Crippen LogP) is 2.46. The van der Waals surface area contributed by atoms with Crippen LogP contribution in [0.3, 0.4) is 0 Å². The molecule has 1 fully saturated rings. The van der Waals surface area contributed by atoms with Crippen LogP contribution in [0.5, 0.6) is 5.88 Å². The minimum atomic E-state index is 0.216. The largest absolute Gasteiger partial charge is 0.473 e. The minimum absolute atomic E-state index is 0.216. The van der Waals surface area contributed by atoms with E-state index in [1.807, 2.05) is 0 Å². The molecular formula is C13H19N3OS. The van der Waals surface area contributed by atoms with Crippen molar-refractivity contribution in [3.05, 3.63) is 17.8 Å². The molecule has 0 spiro atoms. The number of hydrogen-bond donors (Lipinski definition) is 1. The monoisotopic (exact) mass is 265 g/mol. The molecular weight excluding hydrogens is 246 g/mol. The van der Waals surface area contributed by atoms with Crippen LogP contribution in [0.15, 0.2) is 12.3 Å². The average Bonchev–Trinajstić information content (AvgIpc) is 2.39. The number of ether oxygens (including phenoxy) is 1. The van der Waals surface area contributed by atoms with E-state index >= 15 is 0 Å². The Morgan fingerprint density at radius 3 is 3.11 bits per heavy atom. The van der Waals surface area contributed by atoms with Crippen molar-refractivity contribution in [1.82, 2.24) is 10.2 Å². The number of aromatic nitrogens is 2. The van der Waals surface area contributed by atoms with Gasteiger partial charge >= 0.3 is 0 Å². The van der Waals surface area contributed by atoms with E-state index in [0.717, 1.165) is 18.8 Å². The molecule has 2 rings (SSSR count). The standard InChI is InChI=1S/C13H19N3OS/c1-2-9-4-3-5-10(8-9)17-13-11(12(14)18)6-7-15-16-13/h6-7,9-10H,2-5,8H2,1H3,(H2,14,18).